The summed E-state index contributed by atoms with van der Waals surface area (Å²) >= 11 is 0. The minimum Gasteiger partial charge on any atom is -0.384 e. The van der Waals surface area contributed by atoms with Gasteiger partial charge in [0.05, 0.1) is 37.6 Å². The van der Waals surface area contributed by atoms with E-state index in [-0.39, 0.29) is 17.8 Å². The fourth-order valence-corrected chi connectivity index (χ4v) is 8.91. The molecule has 4 saturated heterocycles. The summed E-state index contributed by atoms with van der Waals surface area (Å²) in [5.74, 6) is 5.42. The van der Waals surface area contributed by atoms with Crippen molar-refractivity contribution in [3.63, 3.8) is 0 Å². The highest BCUT2D eigenvalue weighted by molar-refractivity contribution is 5.89. The number of aliphatic hydroxyl groups is 1. The number of piperazine rings is 2. The Kier molecular flexibility index (Phi) is 14.4. The minimum absolute atomic E-state index is 0.193. The van der Waals surface area contributed by atoms with Crippen LogP contribution >= 0.6 is 0 Å². The fraction of sp³-hybridized carbons (Fsp3) is 0.578. The summed E-state index contributed by atoms with van der Waals surface area (Å²) in [5, 5.41) is 13.1. The van der Waals surface area contributed by atoms with Gasteiger partial charge in [0.1, 0.15) is 6.10 Å². The van der Waals surface area contributed by atoms with Crippen LogP contribution in [0.3, 0.4) is 0 Å². The number of anilines is 6. The molecule has 24 heteroatoms. The molecule has 0 aromatic carbocycles. The molecule has 368 valence electrons. The van der Waals surface area contributed by atoms with Gasteiger partial charge in [-0.15, -0.1) is 0 Å². The first-order valence-electron chi connectivity index (χ1n) is 24.0. The smallest absolute Gasteiger partial charge is 0.251 e. The molecule has 10 heterocycles. The molecule has 0 bridgehead atoms. The number of hydrogen-bond acceptors (Lipinski definition) is 21. The van der Waals surface area contributed by atoms with Crippen LogP contribution in [0.2, 0.25) is 0 Å². The lowest BCUT2D eigenvalue weighted by molar-refractivity contribution is -0.139. The van der Waals surface area contributed by atoms with Crippen molar-refractivity contribution in [2.24, 2.45) is 11.8 Å². The maximum atomic E-state index is 12.3. The van der Waals surface area contributed by atoms with Crippen LogP contribution in [-0.2, 0) is 27.4 Å². The summed E-state index contributed by atoms with van der Waals surface area (Å²) < 4.78 is 15.6. The maximum Gasteiger partial charge on any atom is 0.251 e. The normalized spacial score (nSPS) is 17.5. The number of nitrogen functional groups attached to an aromatic ring is 2. The number of imidazole rings is 2. The number of hydrogen-bond donors (Lipinski definition) is 4. The van der Waals surface area contributed by atoms with Crippen molar-refractivity contribution in [3.05, 3.63) is 24.8 Å². The average molecular weight is 949 g/mol. The van der Waals surface area contributed by atoms with E-state index < -0.39 is 6.10 Å². The Hall–Kier alpha value is -6.63. The number of amides is 1. The molecule has 10 rings (SSSR count). The number of rotatable bonds is 11. The van der Waals surface area contributed by atoms with Crippen molar-refractivity contribution in [3.8, 4) is 22.8 Å². The van der Waals surface area contributed by atoms with E-state index in [2.05, 4.69) is 81.7 Å². The Labute approximate surface area is 400 Å². The van der Waals surface area contributed by atoms with Crippen LogP contribution in [-0.4, -0.2) is 186 Å². The van der Waals surface area contributed by atoms with Crippen LogP contribution < -0.4 is 36.4 Å². The third-order valence-corrected chi connectivity index (χ3v) is 12.3. The predicted molar refractivity (Wildman–Crippen MR) is 263 cm³/mol. The number of carbonyl (C=O) groups excluding carboxylic acids is 1. The summed E-state index contributed by atoms with van der Waals surface area (Å²) in [6.45, 7) is 23.3. The Bertz CT molecular complexity index is 2680. The van der Waals surface area contributed by atoms with Crippen molar-refractivity contribution >= 4 is 63.7 Å². The fourth-order valence-electron chi connectivity index (χ4n) is 8.91. The summed E-state index contributed by atoms with van der Waals surface area (Å²) in [4.78, 5) is 69.5. The molecule has 6 aromatic rings. The number of nitrogens with one attached hydrogen (secondary N) is 1. The van der Waals surface area contributed by atoms with Gasteiger partial charge in [0.2, 0.25) is 23.8 Å². The number of carbonyl (C=O) groups is 1. The molecule has 0 unspecified atom stereocenters. The van der Waals surface area contributed by atoms with Crippen molar-refractivity contribution in [1.29, 1.82) is 0 Å². The van der Waals surface area contributed by atoms with E-state index in [1.54, 1.807) is 29.7 Å². The van der Waals surface area contributed by atoms with E-state index in [1.807, 2.05) is 0 Å². The van der Waals surface area contributed by atoms with Gasteiger partial charge in [0, 0.05) is 116 Å². The Balaban J connectivity index is 0.000000174. The molecule has 1 atom stereocenters. The van der Waals surface area contributed by atoms with E-state index in [4.69, 9.17) is 50.8 Å². The molecule has 6 aromatic heterocycles. The Morgan fingerprint density at radius 1 is 0.580 bits per heavy atom. The SMILES string of the molecule is CC(C)Cn1c(N2CCN(C(=O)[C@@H](C)O)CC2)nc2c(N3CCOCC3)nc(-c3cnc(N)nc3)nc21.CC(C)Cn1c(N2CCNCC2)nc2c(N3CCOCC3)nc(-c3cnc(N)nc3)nc21. The Morgan fingerprint density at radius 3 is 1.38 bits per heavy atom. The van der Waals surface area contributed by atoms with E-state index in [1.165, 1.54) is 6.92 Å². The second-order valence-corrected chi connectivity index (χ2v) is 18.5. The number of nitrogens with two attached hydrogens (primary N) is 2. The highest BCUT2D eigenvalue weighted by Gasteiger charge is 2.31. The largest absolute Gasteiger partial charge is 0.384 e. The van der Waals surface area contributed by atoms with Crippen molar-refractivity contribution in [2.75, 3.05) is 136 Å². The quantitative estimate of drug-likeness (QED) is 0.142. The zero-order chi connectivity index (χ0) is 48.2. The predicted octanol–water partition coefficient (Wildman–Crippen LogP) is 1.16. The van der Waals surface area contributed by atoms with E-state index >= 15 is 0 Å². The Morgan fingerprint density at radius 2 is 0.986 bits per heavy atom. The van der Waals surface area contributed by atoms with Gasteiger partial charge in [0.15, 0.2) is 45.6 Å². The van der Waals surface area contributed by atoms with Gasteiger partial charge in [-0.3, -0.25) is 13.9 Å². The number of fused-ring (bicyclic) bond motifs is 2. The molecule has 0 saturated carbocycles. The van der Waals surface area contributed by atoms with Gasteiger partial charge in [-0.05, 0) is 18.8 Å². The van der Waals surface area contributed by atoms with Crippen molar-refractivity contribution in [1.82, 2.24) is 69.2 Å². The molecule has 0 aliphatic carbocycles. The number of morpholine rings is 2. The second-order valence-electron chi connectivity index (χ2n) is 18.5. The molecule has 1 amide bonds. The van der Waals surface area contributed by atoms with Crippen LogP contribution in [0.1, 0.15) is 34.6 Å². The molecule has 24 nitrogen and oxygen atoms in total. The standard InChI is InChI=1S/C24H34N10O3.C21H30N10O/c1-15(2)14-34-21-18(28-24(34)33-6-4-32(5-7-33)22(36)16(3)35)20(31-8-10-37-11-9-31)29-19(30-21)17-12-26-23(25)27-13-17;1-14(2)13-31-19-16(26-21(31)30-5-3-23-4-6-30)18(29-7-9-32-10-8-29)27-17(28-19)15-11-24-20(22)25-12-15/h12-13,15-16,35H,4-11,14H2,1-3H3,(H2,25,26,27);11-12,14,23H,3-10,13H2,1-2H3,(H2,22,24,25)/t16-;/m1./s1. The van der Waals surface area contributed by atoms with Gasteiger partial charge in [-0.2, -0.15) is 0 Å². The monoisotopic (exact) mass is 949 g/mol. The van der Waals surface area contributed by atoms with Crippen LogP contribution in [0.15, 0.2) is 24.8 Å². The number of nitrogens with zero attached hydrogens (tertiary/aromatic N) is 17. The molecule has 4 fully saturated rings. The van der Waals surface area contributed by atoms with Crippen molar-refractivity contribution < 1.29 is 19.4 Å². The molecule has 6 N–H and O–H groups in total. The molecule has 0 spiro atoms. The summed E-state index contributed by atoms with van der Waals surface area (Å²) in [5.41, 5.74) is 16.0. The molecule has 4 aliphatic heterocycles. The third-order valence-electron chi connectivity index (χ3n) is 12.3. The second kappa shape index (κ2) is 20.9. The number of aliphatic hydroxyl groups excluding tert-OH is 1. The van der Waals surface area contributed by atoms with E-state index in [9.17, 15) is 9.90 Å². The lowest BCUT2D eigenvalue weighted by Crippen LogP contribution is -2.51. The summed E-state index contributed by atoms with van der Waals surface area (Å²) in [7, 11) is 0. The van der Waals surface area contributed by atoms with Gasteiger partial charge in [-0.25, -0.2) is 49.8 Å². The van der Waals surface area contributed by atoms with Crippen LogP contribution in [0.4, 0.5) is 35.4 Å². The number of aromatic nitrogens is 12. The van der Waals surface area contributed by atoms with Gasteiger partial charge < -0.3 is 55.9 Å². The zero-order valence-electron chi connectivity index (χ0n) is 40.2. The third kappa shape index (κ3) is 10.5. The van der Waals surface area contributed by atoms with Gasteiger partial charge >= 0.3 is 0 Å². The number of ether oxygens (including phenoxy) is 2. The zero-order valence-corrected chi connectivity index (χ0v) is 40.2. The average Bonchev–Trinajstić information content (AvgIpc) is 3.91. The van der Waals surface area contributed by atoms with Crippen LogP contribution in [0, 0.1) is 11.8 Å². The molecule has 69 heavy (non-hydrogen) atoms. The van der Waals surface area contributed by atoms with Crippen molar-refractivity contribution in [2.45, 2.75) is 53.8 Å². The lowest BCUT2D eigenvalue weighted by atomic mass is 10.2. The minimum atomic E-state index is -1.00. The van der Waals surface area contributed by atoms with Crippen LogP contribution in [0.5, 0.6) is 0 Å². The summed E-state index contributed by atoms with van der Waals surface area (Å²) in [6, 6.07) is 0. The molecule has 0 radical (unpaired) electrons. The molecule has 4 aliphatic rings. The maximum absolute atomic E-state index is 12.3. The molecular weight excluding hydrogens is 885 g/mol. The first-order valence-corrected chi connectivity index (χ1v) is 24.0. The van der Waals surface area contributed by atoms with E-state index in [0.29, 0.717) is 94.7 Å². The van der Waals surface area contributed by atoms with Crippen LogP contribution in [0.25, 0.3) is 45.1 Å². The highest BCUT2D eigenvalue weighted by Crippen LogP contribution is 2.34. The van der Waals surface area contributed by atoms with Gasteiger partial charge in [-0.1, -0.05) is 27.7 Å². The first kappa shape index (κ1) is 47.4. The highest BCUT2D eigenvalue weighted by atomic mass is 16.5. The topological polar surface area (TPSA) is 275 Å². The van der Waals surface area contributed by atoms with E-state index in [0.717, 1.165) is 104 Å². The summed E-state index contributed by atoms with van der Waals surface area (Å²) in [6.07, 6.45) is 5.61. The first-order chi connectivity index (χ1) is 33.4. The van der Waals surface area contributed by atoms with Gasteiger partial charge in [0.25, 0.3) is 5.91 Å². The molecular formula is C45H64N20O4. The lowest BCUT2D eigenvalue weighted by Gasteiger charge is -2.36.